The summed E-state index contributed by atoms with van der Waals surface area (Å²) in [6, 6.07) is 20.5. The predicted molar refractivity (Wildman–Crippen MR) is 162 cm³/mol. The van der Waals surface area contributed by atoms with Crippen LogP contribution in [0.1, 0.15) is 30.5 Å². The number of carbonyl (C=O) groups excluding carboxylic acids is 2. The second-order valence-corrected chi connectivity index (χ2v) is 12.9. The van der Waals surface area contributed by atoms with E-state index in [0.29, 0.717) is 6.54 Å². The molecule has 10 heteroatoms. The molecule has 0 saturated heterocycles. The van der Waals surface area contributed by atoms with Crippen LogP contribution in [0.15, 0.2) is 72.8 Å². The zero-order chi connectivity index (χ0) is 29.4. The van der Waals surface area contributed by atoms with Crippen LogP contribution in [0.25, 0.3) is 0 Å². The number of rotatable bonds is 12. The first-order chi connectivity index (χ1) is 18.9. The molecule has 1 N–H and O–H groups in total. The number of carbonyl (C=O) groups is 2. The van der Waals surface area contributed by atoms with Crippen molar-refractivity contribution in [1.82, 2.24) is 10.2 Å². The van der Waals surface area contributed by atoms with Gasteiger partial charge in [-0.3, -0.25) is 13.9 Å². The van der Waals surface area contributed by atoms with Crippen molar-refractivity contribution in [1.29, 1.82) is 0 Å². The Bertz CT molecular complexity index is 1430. The van der Waals surface area contributed by atoms with Gasteiger partial charge < -0.3 is 10.2 Å². The zero-order valence-electron chi connectivity index (χ0n) is 23.1. The van der Waals surface area contributed by atoms with Gasteiger partial charge in [0.05, 0.1) is 17.0 Å². The molecule has 0 aromatic heterocycles. The van der Waals surface area contributed by atoms with Crippen LogP contribution < -0.4 is 9.62 Å². The monoisotopic (exact) mass is 603 g/mol. The summed E-state index contributed by atoms with van der Waals surface area (Å²) in [6.45, 7) is 5.89. The third-order valence-electron chi connectivity index (χ3n) is 6.41. The summed E-state index contributed by atoms with van der Waals surface area (Å²) in [7, 11) is -3.95. The third kappa shape index (κ3) is 8.71. The van der Waals surface area contributed by atoms with Crippen molar-refractivity contribution in [3.8, 4) is 0 Å². The van der Waals surface area contributed by atoms with Gasteiger partial charge in [-0.05, 0) is 47.7 Å². The molecule has 0 aliphatic heterocycles. The molecule has 3 aromatic carbocycles. The smallest absolute Gasteiger partial charge is 0.244 e. The molecule has 2 amide bonds. The van der Waals surface area contributed by atoms with E-state index < -0.39 is 28.5 Å². The summed E-state index contributed by atoms with van der Waals surface area (Å²) in [4.78, 5) is 29.2. The van der Waals surface area contributed by atoms with Gasteiger partial charge in [0.25, 0.3) is 0 Å². The Morgan fingerprint density at radius 3 is 2.23 bits per heavy atom. The van der Waals surface area contributed by atoms with Gasteiger partial charge in [-0.15, -0.1) is 0 Å². The summed E-state index contributed by atoms with van der Waals surface area (Å²) >= 11 is 12.5. The molecule has 3 rings (SSSR count). The van der Waals surface area contributed by atoms with E-state index in [4.69, 9.17) is 23.2 Å². The van der Waals surface area contributed by atoms with Crippen LogP contribution in [-0.2, 0) is 32.6 Å². The van der Waals surface area contributed by atoms with Crippen LogP contribution in [0.4, 0.5) is 5.69 Å². The highest BCUT2D eigenvalue weighted by Gasteiger charge is 2.33. The minimum Gasteiger partial charge on any atom is -0.354 e. The Balaban J connectivity index is 2.08. The molecule has 0 aliphatic rings. The van der Waals surface area contributed by atoms with E-state index in [9.17, 15) is 18.0 Å². The molecule has 0 saturated carbocycles. The van der Waals surface area contributed by atoms with E-state index in [1.54, 1.807) is 0 Å². The second kappa shape index (κ2) is 14.0. The molecule has 1 atom stereocenters. The van der Waals surface area contributed by atoms with Crippen molar-refractivity contribution in [2.75, 3.05) is 23.7 Å². The summed E-state index contributed by atoms with van der Waals surface area (Å²) in [5.41, 5.74) is 2.74. The van der Waals surface area contributed by atoms with Crippen molar-refractivity contribution in [3.63, 3.8) is 0 Å². The van der Waals surface area contributed by atoms with Crippen LogP contribution >= 0.6 is 23.2 Å². The topological polar surface area (TPSA) is 86.8 Å². The van der Waals surface area contributed by atoms with Gasteiger partial charge in [-0.1, -0.05) is 91.6 Å². The molecule has 0 heterocycles. The first kappa shape index (κ1) is 31.5. The number of benzene rings is 3. The Labute approximate surface area is 247 Å². The molecule has 0 radical (unpaired) electrons. The van der Waals surface area contributed by atoms with Crippen LogP contribution in [0, 0.1) is 12.8 Å². The number of aryl methyl sites for hydroxylation is 1. The number of amides is 2. The van der Waals surface area contributed by atoms with Gasteiger partial charge >= 0.3 is 0 Å². The number of hydrogen-bond acceptors (Lipinski definition) is 4. The highest BCUT2D eigenvalue weighted by atomic mass is 35.5. The van der Waals surface area contributed by atoms with E-state index >= 15 is 0 Å². The number of sulfonamides is 1. The largest absolute Gasteiger partial charge is 0.354 e. The zero-order valence-corrected chi connectivity index (χ0v) is 25.4. The molecule has 0 bridgehead atoms. The highest BCUT2D eigenvalue weighted by molar-refractivity contribution is 7.92. The van der Waals surface area contributed by atoms with Gasteiger partial charge in [0.2, 0.25) is 21.8 Å². The lowest BCUT2D eigenvalue weighted by molar-refractivity contribution is -0.140. The summed E-state index contributed by atoms with van der Waals surface area (Å²) < 4.78 is 26.8. The molecule has 40 heavy (non-hydrogen) atoms. The Kier molecular flexibility index (Phi) is 11.0. The van der Waals surface area contributed by atoms with Crippen molar-refractivity contribution in [2.24, 2.45) is 5.92 Å². The van der Waals surface area contributed by atoms with Crippen LogP contribution in [0.5, 0.6) is 0 Å². The Hall–Kier alpha value is -3.07. The quantitative estimate of drug-likeness (QED) is 0.297. The number of nitrogens with zero attached hydrogens (tertiary/aromatic N) is 2. The lowest BCUT2D eigenvalue weighted by Gasteiger charge is -2.34. The Morgan fingerprint density at radius 1 is 0.950 bits per heavy atom. The molecule has 7 nitrogen and oxygen atoms in total. The lowest BCUT2D eigenvalue weighted by atomic mass is 10.0. The Morgan fingerprint density at radius 2 is 1.60 bits per heavy atom. The van der Waals surface area contributed by atoms with Gasteiger partial charge in [-0.25, -0.2) is 8.42 Å². The van der Waals surface area contributed by atoms with Crippen molar-refractivity contribution in [3.05, 3.63) is 99.5 Å². The fraction of sp³-hybridized carbons (Fsp3) is 0.333. The molecule has 214 valence electrons. The van der Waals surface area contributed by atoms with Crippen molar-refractivity contribution >= 4 is 50.7 Å². The number of hydrogen-bond donors (Lipinski definition) is 1. The molecule has 0 aliphatic carbocycles. The molecule has 1 unspecified atom stereocenters. The molecule has 0 spiro atoms. The van der Waals surface area contributed by atoms with Crippen LogP contribution in [0.2, 0.25) is 10.0 Å². The summed E-state index contributed by atoms with van der Waals surface area (Å²) in [5, 5.41) is 3.37. The fourth-order valence-corrected chi connectivity index (χ4v) is 5.51. The van der Waals surface area contributed by atoms with E-state index in [-0.39, 0.29) is 40.5 Å². The number of nitrogens with one attached hydrogen (secondary N) is 1. The minimum absolute atomic E-state index is 0.0877. The van der Waals surface area contributed by atoms with Crippen molar-refractivity contribution < 1.29 is 18.0 Å². The van der Waals surface area contributed by atoms with Crippen molar-refractivity contribution in [2.45, 2.75) is 39.8 Å². The summed E-state index contributed by atoms with van der Waals surface area (Å²) in [5.74, 6) is -0.663. The van der Waals surface area contributed by atoms with E-state index in [1.165, 1.54) is 23.1 Å². The van der Waals surface area contributed by atoms with Gasteiger partial charge in [0.15, 0.2) is 0 Å². The predicted octanol–water partition coefficient (Wildman–Crippen LogP) is 5.48. The maximum atomic E-state index is 14.1. The SMILES string of the molecule is Cc1ccccc1CN(C(=O)CN(c1cc(Cl)ccc1Cl)S(C)(=O)=O)C(Cc1ccccc1)C(=O)NCC(C)C. The van der Waals surface area contributed by atoms with E-state index in [0.717, 1.165) is 27.3 Å². The first-order valence-corrected chi connectivity index (χ1v) is 15.6. The fourth-order valence-electron chi connectivity index (χ4n) is 4.22. The van der Waals surface area contributed by atoms with Gasteiger partial charge in [-0.2, -0.15) is 0 Å². The maximum Gasteiger partial charge on any atom is 0.244 e. The summed E-state index contributed by atoms with van der Waals surface area (Å²) in [6.07, 6.45) is 1.25. The lowest BCUT2D eigenvalue weighted by Crippen LogP contribution is -2.53. The average molecular weight is 605 g/mol. The third-order valence-corrected chi connectivity index (χ3v) is 8.09. The average Bonchev–Trinajstić information content (AvgIpc) is 2.90. The molecule has 0 fully saturated rings. The first-order valence-electron chi connectivity index (χ1n) is 12.9. The molecular formula is C30H35Cl2N3O4S. The van der Waals surface area contributed by atoms with Crippen LogP contribution in [-0.4, -0.2) is 50.5 Å². The van der Waals surface area contributed by atoms with E-state index in [2.05, 4.69) is 5.32 Å². The molecule has 3 aromatic rings. The molecular weight excluding hydrogens is 569 g/mol. The standard InChI is InChI=1S/C30H35Cl2N3O4S/c1-21(2)18-33-30(37)28(16-23-11-6-5-7-12-23)34(19-24-13-9-8-10-22(24)3)29(36)20-35(40(4,38)39)27-17-25(31)14-15-26(27)32/h5-15,17,21,28H,16,18-20H2,1-4H3,(H,33,37). The normalized spacial score (nSPS) is 12.2. The number of anilines is 1. The van der Waals surface area contributed by atoms with Gasteiger partial charge in [0.1, 0.15) is 12.6 Å². The second-order valence-electron chi connectivity index (χ2n) is 10.2. The highest BCUT2D eigenvalue weighted by Crippen LogP contribution is 2.31. The maximum absolute atomic E-state index is 14.1. The minimum atomic E-state index is -3.95. The van der Waals surface area contributed by atoms with Gasteiger partial charge in [0, 0.05) is 24.5 Å². The van der Waals surface area contributed by atoms with Crippen LogP contribution in [0.3, 0.4) is 0 Å². The van der Waals surface area contributed by atoms with E-state index in [1.807, 2.05) is 75.4 Å². The number of halogens is 2.